The average molecular weight is 252 g/mol. The van der Waals surface area contributed by atoms with E-state index in [0.29, 0.717) is 30.0 Å². The molecule has 1 aromatic carbocycles. The van der Waals surface area contributed by atoms with Crippen LogP contribution in [0.2, 0.25) is 0 Å². The Hall–Kier alpha value is -1.75. The van der Waals surface area contributed by atoms with Crippen LogP contribution in [-0.2, 0) is 0 Å². The number of ether oxygens (including phenoxy) is 1. The highest BCUT2D eigenvalue weighted by Gasteiger charge is 2.12. The first-order valence-electron chi connectivity index (χ1n) is 6.05. The first kappa shape index (κ1) is 14.3. The van der Waals surface area contributed by atoms with Crippen molar-refractivity contribution in [2.45, 2.75) is 26.3 Å². The van der Waals surface area contributed by atoms with E-state index in [-0.39, 0.29) is 18.6 Å². The first-order chi connectivity index (χ1) is 8.60. The number of anilines is 1. The third-order valence-corrected chi connectivity index (χ3v) is 2.55. The van der Waals surface area contributed by atoms with Gasteiger partial charge in [-0.25, -0.2) is 0 Å². The number of amides is 1. The molecule has 18 heavy (non-hydrogen) atoms. The van der Waals surface area contributed by atoms with Crippen LogP contribution in [0.3, 0.4) is 0 Å². The number of rotatable bonds is 6. The monoisotopic (exact) mass is 252 g/mol. The van der Waals surface area contributed by atoms with Gasteiger partial charge >= 0.3 is 0 Å². The Morgan fingerprint density at radius 2 is 2.17 bits per heavy atom. The van der Waals surface area contributed by atoms with E-state index >= 15 is 0 Å². The van der Waals surface area contributed by atoms with E-state index in [2.05, 4.69) is 5.32 Å². The molecule has 0 aliphatic carbocycles. The van der Waals surface area contributed by atoms with Crippen LogP contribution in [0.4, 0.5) is 5.69 Å². The molecule has 0 spiro atoms. The highest BCUT2D eigenvalue weighted by atomic mass is 16.5. The van der Waals surface area contributed by atoms with Crippen molar-refractivity contribution in [2.75, 3.05) is 18.9 Å². The number of aliphatic hydroxyl groups is 1. The highest BCUT2D eigenvalue weighted by molar-refractivity contribution is 5.95. The van der Waals surface area contributed by atoms with Gasteiger partial charge in [0.25, 0.3) is 5.91 Å². The van der Waals surface area contributed by atoms with Crippen LogP contribution in [-0.4, -0.2) is 30.3 Å². The molecule has 0 saturated carbocycles. The summed E-state index contributed by atoms with van der Waals surface area (Å²) in [4.78, 5) is 11.9. The lowest BCUT2D eigenvalue weighted by Gasteiger charge is -2.14. The van der Waals surface area contributed by atoms with Crippen LogP contribution >= 0.6 is 0 Å². The number of hydrogen-bond donors (Lipinski definition) is 3. The topological polar surface area (TPSA) is 84.6 Å². The molecule has 1 amide bonds. The molecule has 0 fully saturated rings. The molecule has 0 aliphatic rings. The largest absolute Gasteiger partial charge is 0.494 e. The summed E-state index contributed by atoms with van der Waals surface area (Å²) in [6, 6.07) is 4.65. The fourth-order valence-electron chi connectivity index (χ4n) is 1.55. The third-order valence-electron chi connectivity index (χ3n) is 2.55. The van der Waals surface area contributed by atoms with Crippen molar-refractivity contribution >= 4 is 11.6 Å². The second kappa shape index (κ2) is 6.86. The summed E-state index contributed by atoms with van der Waals surface area (Å²) in [5.41, 5.74) is 6.62. The molecule has 0 bridgehead atoms. The number of benzene rings is 1. The number of nitrogen functional groups attached to an aromatic ring is 1. The first-order valence-corrected chi connectivity index (χ1v) is 6.05. The molecule has 1 atom stereocenters. The lowest BCUT2D eigenvalue weighted by Crippen LogP contribution is -2.36. The summed E-state index contributed by atoms with van der Waals surface area (Å²) >= 11 is 0. The number of aliphatic hydroxyl groups excluding tert-OH is 1. The maximum absolute atomic E-state index is 11.9. The van der Waals surface area contributed by atoms with E-state index < -0.39 is 0 Å². The number of carbonyl (C=O) groups is 1. The fourth-order valence-corrected chi connectivity index (χ4v) is 1.55. The van der Waals surface area contributed by atoms with Crippen molar-refractivity contribution in [3.05, 3.63) is 23.8 Å². The summed E-state index contributed by atoms with van der Waals surface area (Å²) < 4.78 is 5.33. The van der Waals surface area contributed by atoms with Gasteiger partial charge in [0, 0.05) is 17.3 Å². The van der Waals surface area contributed by atoms with E-state index in [0.717, 1.165) is 0 Å². The molecule has 0 aliphatic heterocycles. The molecule has 1 rings (SSSR count). The minimum atomic E-state index is -0.260. The van der Waals surface area contributed by atoms with Crippen LogP contribution in [0, 0.1) is 0 Å². The molecule has 0 saturated heterocycles. The van der Waals surface area contributed by atoms with Gasteiger partial charge in [0.1, 0.15) is 5.75 Å². The lowest BCUT2D eigenvalue weighted by molar-refractivity contribution is 0.0914. The van der Waals surface area contributed by atoms with Crippen molar-refractivity contribution in [1.29, 1.82) is 0 Å². The average Bonchev–Trinajstić information content (AvgIpc) is 2.35. The fraction of sp³-hybridized carbons (Fsp3) is 0.462. The Bertz CT molecular complexity index is 403. The van der Waals surface area contributed by atoms with Gasteiger partial charge in [0.05, 0.1) is 19.3 Å². The number of hydrogen-bond acceptors (Lipinski definition) is 4. The van der Waals surface area contributed by atoms with Crippen molar-refractivity contribution in [2.24, 2.45) is 0 Å². The van der Waals surface area contributed by atoms with Gasteiger partial charge in [-0.15, -0.1) is 0 Å². The molecule has 5 nitrogen and oxygen atoms in total. The molecule has 0 aromatic heterocycles. The Kier molecular flexibility index (Phi) is 5.45. The quantitative estimate of drug-likeness (QED) is 0.663. The van der Waals surface area contributed by atoms with Crippen molar-refractivity contribution < 1.29 is 14.6 Å². The van der Waals surface area contributed by atoms with E-state index in [9.17, 15) is 4.79 Å². The van der Waals surface area contributed by atoms with E-state index in [1.165, 1.54) is 0 Å². The van der Waals surface area contributed by atoms with E-state index in [1.54, 1.807) is 18.2 Å². The number of nitrogens with one attached hydrogen (secondary N) is 1. The summed E-state index contributed by atoms with van der Waals surface area (Å²) in [5.74, 6) is 0.309. The molecule has 1 aromatic rings. The molecule has 0 radical (unpaired) electrons. The second-order valence-electron chi connectivity index (χ2n) is 3.98. The minimum absolute atomic E-state index is 0.0805. The maximum atomic E-state index is 11.9. The van der Waals surface area contributed by atoms with Crippen LogP contribution in [0.15, 0.2) is 18.2 Å². The van der Waals surface area contributed by atoms with Gasteiger partial charge in [-0.2, -0.15) is 0 Å². The van der Waals surface area contributed by atoms with Crippen LogP contribution in [0.5, 0.6) is 5.75 Å². The SMILES string of the molecule is CCOc1cc(N)cc(C(=O)N[C@H](CC)CO)c1. The van der Waals surface area contributed by atoms with Crippen molar-refractivity contribution in [3.63, 3.8) is 0 Å². The normalized spacial score (nSPS) is 11.9. The van der Waals surface area contributed by atoms with Gasteiger partial charge in [-0.05, 0) is 25.5 Å². The lowest BCUT2D eigenvalue weighted by atomic mass is 10.1. The van der Waals surface area contributed by atoms with Gasteiger partial charge in [-0.1, -0.05) is 6.92 Å². The van der Waals surface area contributed by atoms with Crippen LogP contribution < -0.4 is 15.8 Å². The predicted octanol–water partition coefficient (Wildman–Crippen LogP) is 1.17. The van der Waals surface area contributed by atoms with E-state index in [4.69, 9.17) is 15.6 Å². The number of carbonyl (C=O) groups excluding carboxylic acids is 1. The van der Waals surface area contributed by atoms with Crippen molar-refractivity contribution in [1.82, 2.24) is 5.32 Å². The maximum Gasteiger partial charge on any atom is 0.251 e. The van der Waals surface area contributed by atoms with Gasteiger partial charge in [0.15, 0.2) is 0 Å². The smallest absolute Gasteiger partial charge is 0.251 e. The molecule has 5 heteroatoms. The minimum Gasteiger partial charge on any atom is -0.494 e. The Labute approximate surface area is 107 Å². The zero-order valence-corrected chi connectivity index (χ0v) is 10.8. The zero-order chi connectivity index (χ0) is 13.5. The molecular weight excluding hydrogens is 232 g/mol. The number of nitrogens with two attached hydrogens (primary N) is 1. The molecular formula is C13H20N2O3. The molecule has 0 heterocycles. The summed E-state index contributed by atoms with van der Waals surface area (Å²) in [6.07, 6.45) is 0.670. The summed E-state index contributed by atoms with van der Waals surface area (Å²) in [7, 11) is 0. The summed E-state index contributed by atoms with van der Waals surface area (Å²) in [6.45, 7) is 4.19. The van der Waals surface area contributed by atoms with Crippen molar-refractivity contribution in [3.8, 4) is 5.75 Å². The summed E-state index contributed by atoms with van der Waals surface area (Å²) in [5, 5.41) is 11.8. The Morgan fingerprint density at radius 1 is 1.44 bits per heavy atom. The molecule has 4 N–H and O–H groups in total. The molecule has 100 valence electrons. The molecule has 0 unspecified atom stereocenters. The zero-order valence-electron chi connectivity index (χ0n) is 10.8. The third kappa shape index (κ3) is 3.92. The predicted molar refractivity (Wildman–Crippen MR) is 70.7 cm³/mol. The van der Waals surface area contributed by atoms with Gasteiger partial charge in [0.2, 0.25) is 0 Å². The van der Waals surface area contributed by atoms with Gasteiger partial charge < -0.3 is 20.9 Å². The van der Waals surface area contributed by atoms with Crippen LogP contribution in [0.25, 0.3) is 0 Å². The highest BCUT2D eigenvalue weighted by Crippen LogP contribution is 2.19. The van der Waals surface area contributed by atoms with Gasteiger partial charge in [-0.3, -0.25) is 4.79 Å². The Morgan fingerprint density at radius 3 is 2.72 bits per heavy atom. The Balaban J connectivity index is 2.84. The van der Waals surface area contributed by atoms with Crippen LogP contribution in [0.1, 0.15) is 30.6 Å². The second-order valence-corrected chi connectivity index (χ2v) is 3.98. The standard InChI is InChI=1S/C13H20N2O3/c1-3-11(8-16)15-13(17)9-5-10(14)7-12(6-9)18-4-2/h5-7,11,16H,3-4,8,14H2,1-2H3,(H,15,17)/t11-/m1/s1. The van der Waals surface area contributed by atoms with E-state index in [1.807, 2.05) is 13.8 Å².